The molecule has 4 aromatic rings. The molecule has 2 heterocycles. The van der Waals surface area contributed by atoms with E-state index in [9.17, 15) is 4.39 Å². The summed E-state index contributed by atoms with van der Waals surface area (Å²) < 4.78 is 14.5. The second-order valence-corrected chi connectivity index (χ2v) is 7.15. The second-order valence-electron chi connectivity index (χ2n) is 7.15. The van der Waals surface area contributed by atoms with Crippen LogP contribution in [0.1, 0.15) is 28.2 Å². The Morgan fingerprint density at radius 2 is 1.76 bits per heavy atom. The Balaban J connectivity index is 1.50. The first-order valence-electron chi connectivity index (χ1n) is 9.62. The molecule has 1 aliphatic rings. The highest BCUT2D eigenvalue weighted by Crippen LogP contribution is 2.42. The van der Waals surface area contributed by atoms with E-state index in [0.717, 1.165) is 27.9 Å². The standard InChI is InChI=1S/C24H19FN4/c25-22-10-4-3-8-19(22)21-12-17-15-28-24(27-14-16-6-5-11-26-13-16)29-23(17)20-9-2-1-7-18(20)21/h1-11,13,15,21H,12,14H2,(H,27,28,29). The van der Waals surface area contributed by atoms with Gasteiger partial charge in [0, 0.05) is 36.6 Å². The van der Waals surface area contributed by atoms with Crippen LogP contribution in [0.25, 0.3) is 11.3 Å². The molecule has 1 aliphatic carbocycles. The largest absolute Gasteiger partial charge is 0.350 e. The molecule has 2 aromatic heterocycles. The first-order valence-corrected chi connectivity index (χ1v) is 9.62. The third-order valence-corrected chi connectivity index (χ3v) is 5.33. The van der Waals surface area contributed by atoms with Gasteiger partial charge in [0.15, 0.2) is 0 Å². The lowest BCUT2D eigenvalue weighted by Gasteiger charge is -2.27. The Bertz CT molecular complexity index is 1160. The molecular weight excluding hydrogens is 363 g/mol. The maximum absolute atomic E-state index is 14.5. The van der Waals surface area contributed by atoms with Gasteiger partial charge in [-0.25, -0.2) is 14.4 Å². The van der Waals surface area contributed by atoms with Crippen molar-refractivity contribution < 1.29 is 4.39 Å². The predicted octanol–water partition coefficient (Wildman–Crippen LogP) is 4.98. The number of fused-ring (bicyclic) bond motifs is 3. The van der Waals surface area contributed by atoms with Gasteiger partial charge in [-0.2, -0.15) is 0 Å². The minimum atomic E-state index is -0.175. The molecule has 0 aliphatic heterocycles. The Morgan fingerprint density at radius 1 is 0.931 bits per heavy atom. The number of pyridine rings is 1. The molecule has 4 nitrogen and oxygen atoms in total. The van der Waals surface area contributed by atoms with E-state index in [1.54, 1.807) is 12.3 Å². The van der Waals surface area contributed by atoms with Gasteiger partial charge in [-0.15, -0.1) is 0 Å². The molecule has 0 saturated carbocycles. The Kier molecular flexibility index (Phi) is 4.48. The maximum atomic E-state index is 14.5. The fourth-order valence-corrected chi connectivity index (χ4v) is 3.94. The summed E-state index contributed by atoms with van der Waals surface area (Å²) in [6, 6.07) is 19.0. The van der Waals surface area contributed by atoms with Crippen LogP contribution in [-0.4, -0.2) is 15.0 Å². The Morgan fingerprint density at radius 3 is 2.59 bits per heavy atom. The fourth-order valence-electron chi connectivity index (χ4n) is 3.94. The van der Waals surface area contributed by atoms with Crippen LogP contribution in [0.2, 0.25) is 0 Å². The number of halogens is 1. The third-order valence-electron chi connectivity index (χ3n) is 5.33. The minimum absolute atomic E-state index is 0.0438. The van der Waals surface area contributed by atoms with E-state index < -0.39 is 0 Å². The number of hydrogen-bond acceptors (Lipinski definition) is 4. The van der Waals surface area contributed by atoms with E-state index in [2.05, 4.69) is 27.4 Å². The molecule has 5 rings (SSSR count). The van der Waals surface area contributed by atoms with Crippen LogP contribution in [0.15, 0.2) is 79.3 Å². The van der Waals surface area contributed by atoms with Crippen LogP contribution in [0, 0.1) is 5.82 Å². The number of rotatable bonds is 4. The molecule has 0 fully saturated rings. The van der Waals surface area contributed by atoms with E-state index in [1.807, 2.05) is 48.8 Å². The maximum Gasteiger partial charge on any atom is 0.223 e. The SMILES string of the molecule is Fc1ccccc1C1Cc2cnc(NCc3cccnc3)nc2-c2ccccc21. The number of anilines is 1. The summed E-state index contributed by atoms with van der Waals surface area (Å²) in [6.45, 7) is 0.603. The smallest absolute Gasteiger partial charge is 0.223 e. The highest BCUT2D eigenvalue weighted by Gasteiger charge is 2.28. The van der Waals surface area contributed by atoms with Crippen LogP contribution >= 0.6 is 0 Å². The van der Waals surface area contributed by atoms with Crippen LogP contribution < -0.4 is 5.32 Å². The average Bonchev–Trinajstić information content (AvgIpc) is 2.78. The highest BCUT2D eigenvalue weighted by molar-refractivity contribution is 5.72. The summed E-state index contributed by atoms with van der Waals surface area (Å²) in [6.07, 6.45) is 6.11. The fraction of sp³-hybridized carbons (Fsp3) is 0.125. The lowest BCUT2D eigenvalue weighted by molar-refractivity contribution is 0.593. The molecule has 0 bridgehead atoms. The first kappa shape index (κ1) is 17.5. The van der Waals surface area contributed by atoms with Crippen LogP contribution in [0.5, 0.6) is 0 Å². The van der Waals surface area contributed by atoms with E-state index in [0.29, 0.717) is 24.5 Å². The molecule has 142 valence electrons. The van der Waals surface area contributed by atoms with Crippen LogP contribution in [-0.2, 0) is 13.0 Å². The van der Waals surface area contributed by atoms with Crippen molar-refractivity contribution >= 4 is 5.95 Å². The monoisotopic (exact) mass is 382 g/mol. The van der Waals surface area contributed by atoms with E-state index in [1.165, 1.54) is 6.07 Å². The molecule has 5 heteroatoms. The van der Waals surface area contributed by atoms with Gasteiger partial charge in [0.2, 0.25) is 5.95 Å². The molecular formula is C24H19FN4. The van der Waals surface area contributed by atoms with Crippen molar-refractivity contribution in [1.29, 1.82) is 0 Å². The van der Waals surface area contributed by atoms with Gasteiger partial charge in [0.25, 0.3) is 0 Å². The van der Waals surface area contributed by atoms with Gasteiger partial charge in [0.05, 0.1) is 5.69 Å². The minimum Gasteiger partial charge on any atom is -0.350 e. The number of nitrogens with zero attached hydrogens (tertiary/aromatic N) is 3. The lowest BCUT2D eigenvalue weighted by Crippen LogP contribution is -2.16. The molecule has 0 spiro atoms. The van der Waals surface area contributed by atoms with Crippen molar-refractivity contribution in [1.82, 2.24) is 15.0 Å². The number of nitrogens with one attached hydrogen (secondary N) is 1. The summed E-state index contributed by atoms with van der Waals surface area (Å²) in [5.74, 6) is 0.357. The predicted molar refractivity (Wildman–Crippen MR) is 111 cm³/mol. The van der Waals surface area contributed by atoms with Gasteiger partial charge in [-0.3, -0.25) is 4.98 Å². The zero-order chi connectivity index (χ0) is 19.6. The molecule has 1 atom stereocenters. The zero-order valence-electron chi connectivity index (χ0n) is 15.7. The normalized spacial score (nSPS) is 14.7. The summed E-state index contributed by atoms with van der Waals surface area (Å²) >= 11 is 0. The van der Waals surface area contributed by atoms with Crippen molar-refractivity contribution in [3.63, 3.8) is 0 Å². The van der Waals surface area contributed by atoms with Gasteiger partial charge < -0.3 is 5.32 Å². The summed E-state index contributed by atoms with van der Waals surface area (Å²) in [5.41, 5.74) is 5.86. The molecule has 1 unspecified atom stereocenters. The Labute approximate surface area is 168 Å². The van der Waals surface area contributed by atoms with Crippen molar-refractivity contribution in [2.75, 3.05) is 5.32 Å². The Hall–Kier alpha value is -3.60. The molecule has 2 aromatic carbocycles. The number of aromatic nitrogens is 3. The molecule has 0 amide bonds. The lowest BCUT2D eigenvalue weighted by atomic mass is 9.78. The van der Waals surface area contributed by atoms with Gasteiger partial charge in [-0.05, 0) is 40.8 Å². The summed E-state index contributed by atoms with van der Waals surface area (Å²) in [4.78, 5) is 13.4. The highest BCUT2D eigenvalue weighted by atomic mass is 19.1. The van der Waals surface area contributed by atoms with Gasteiger partial charge in [-0.1, -0.05) is 48.5 Å². The van der Waals surface area contributed by atoms with Crippen molar-refractivity contribution in [3.05, 3.63) is 107 Å². The molecule has 1 N–H and O–H groups in total. The molecule has 0 radical (unpaired) electrons. The first-order chi connectivity index (χ1) is 14.3. The van der Waals surface area contributed by atoms with Crippen LogP contribution in [0.3, 0.4) is 0 Å². The number of benzene rings is 2. The van der Waals surface area contributed by atoms with E-state index in [4.69, 9.17) is 4.98 Å². The second kappa shape index (κ2) is 7.43. The molecule has 29 heavy (non-hydrogen) atoms. The van der Waals surface area contributed by atoms with Crippen molar-refractivity contribution in [2.24, 2.45) is 0 Å². The van der Waals surface area contributed by atoms with Crippen molar-refractivity contribution in [2.45, 2.75) is 18.9 Å². The quantitative estimate of drug-likeness (QED) is 0.541. The van der Waals surface area contributed by atoms with E-state index >= 15 is 0 Å². The summed E-state index contributed by atoms with van der Waals surface area (Å²) in [7, 11) is 0. The summed E-state index contributed by atoms with van der Waals surface area (Å²) in [5, 5.41) is 3.27. The van der Waals surface area contributed by atoms with Crippen molar-refractivity contribution in [3.8, 4) is 11.3 Å². The van der Waals surface area contributed by atoms with E-state index in [-0.39, 0.29) is 11.7 Å². The van der Waals surface area contributed by atoms with Gasteiger partial charge in [0.1, 0.15) is 5.82 Å². The third kappa shape index (κ3) is 3.36. The topological polar surface area (TPSA) is 50.7 Å². The molecule has 0 saturated heterocycles. The average molecular weight is 382 g/mol. The van der Waals surface area contributed by atoms with Gasteiger partial charge >= 0.3 is 0 Å². The zero-order valence-corrected chi connectivity index (χ0v) is 15.7. The van der Waals surface area contributed by atoms with Crippen LogP contribution in [0.4, 0.5) is 10.3 Å². The number of hydrogen-bond donors (Lipinski definition) is 1.